The first-order valence-corrected chi connectivity index (χ1v) is 8.16. The Balaban J connectivity index is 1.89. The van der Waals surface area contributed by atoms with E-state index in [0.29, 0.717) is 9.97 Å². The molecule has 2 aromatic heterocycles. The Labute approximate surface area is 141 Å². The molecule has 114 valence electrons. The molecule has 0 aliphatic heterocycles. The minimum absolute atomic E-state index is 0.0311. The van der Waals surface area contributed by atoms with Crippen LogP contribution in [0.3, 0.4) is 0 Å². The topological polar surface area (TPSA) is 43.1 Å². The lowest BCUT2D eigenvalue weighted by Crippen LogP contribution is -1.94. The first-order valence-electron chi connectivity index (χ1n) is 6.55. The zero-order valence-electron chi connectivity index (χ0n) is 11.4. The lowest BCUT2D eigenvalue weighted by molar-refractivity contribution is 0.601. The maximum atomic E-state index is 14.0. The molecule has 4 nitrogen and oxygen atoms in total. The molecule has 0 fully saturated rings. The van der Waals surface area contributed by atoms with Gasteiger partial charge in [0.05, 0.1) is 5.56 Å². The van der Waals surface area contributed by atoms with Crippen LogP contribution in [-0.2, 0) is 0 Å². The second-order valence-corrected chi connectivity index (χ2v) is 6.63. The van der Waals surface area contributed by atoms with E-state index in [9.17, 15) is 8.78 Å². The zero-order chi connectivity index (χ0) is 16.0. The Morgan fingerprint density at radius 1 is 1.04 bits per heavy atom. The average molecular weight is 393 g/mol. The molecule has 0 unspecified atom stereocenters. The monoisotopic (exact) mass is 392 g/mol. The fourth-order valence-corrected chi connectivity index (χ4v) is 3.43. The van der Waals surface area contributed by atoms with Crippen LogP contribution in [0.5, 0.6) is 0 Å². The van der Waals surface area contributed by atoms with Gasteiger partial charge in [0, 0.05) is 10.0 Å². The molecule has 0 bridgehead atoms. The molecule has 0 saturated heterocycles. The second-order valence-electron chi connectivity index (χ2n) is 4.76. The summed E-state index contributed by atoms with van der Waals surface area (Å²) in [7, 11) is 0. The number of fused-ring (bicyclic) bond motifs is 1. The first kappa shape index (κ1) is 14.4. The van der Waals surface area contributed by atoms with Crippen LogP contribution in [0.4, 0.5) is 8.78 Å². The molecular weight excluding hydrogens is 386 g/mol. The summed E-state index contributed by atoms with van der Waals surface area (Å²) in [5.74, 6) is -0.937. The second kappa shape index (κ2) is 5.47. The van der Waals surface area contributed by atoms with Gasteiger partial charge in [-0.3, -0.25) is 0 Å². The number of halogens is 3. The quantitative estimate of drug-likeness (QED) is 0.502. The van der Waals surface area contributed by atoms with Crippen LogP contribution in [0.1, 0.15) is 0 Å². The Kier molecular flexibility index (Phi) is 3.42. The van der Waals surface area contributed by atoms with Gasteiger partial charge in [-0.1, -0.05) is 39.4 Å². The highest BCUT2D eigenvalue weighted by Crippen LogP contribution is 2.30. The van der Waals surface area contributed by atoms with Crippen molar-refractivity contribution in [2.75, 3.05) is 0 Å². The van der Waals surface area contributed by atoms with E-state index in [-0.39, 0.29) is 11.4 Å². The van der Waals surface area contributed by atoms with Gasteiger partial charge >= 0.3 is 0 Å². The van der Waals surface area contributed by atoms with E-state index in [1.54, 1.807) is 0 Å². The van der Waals surface area contributed by atoms with Crippen molar-refractivity contribution >= 4 is 32.2 Å². The van der Waals surface area contributed by atoms with Gasteiger partial charge in [-0.25, -0.2) is 8.78 Å². The number of rotatable bonds is 2. The molecule has 4 rings (SSSR count). The highest BCUT2D eigenvalue weighted by Gasteiger charge is 2.17. The fraction of sp³-hybridized carbons (Fsp3) is 0. The summed E-state index contributed by atoms with van der Waals surface area (Å²) in [6.45, 7) is 0. The lowest BCUT2D eigenvalue weighted by atomic mass is 10.2. The standard InChI is InChI=1S/C15H7BrF2N4S/c16-9-3-1-2-8(6-9)14-21-22-13(19-20-15(22)23-14)11-7-10(17)4-5-12(11)18/h1-7H. The number of hydrogen-bond donors (Lipinski definition) is 0. The average Bonchev–Trinajstić information content (AvgIpc) is 3.10. The third-order valence-corrected chi connectivity index (χ3v) is 4.67. The highest BCUT2D eigenvalue weighted by molar-refractivity contribution is 9.10. The molecule has 23 heavy (non-hydrogen) atoms. The summed E-state index contributed by atoms with van der Waals surface area (Å²) in [6, 6.07) is 10.9. The molecule has 8 heteroatoms. The Bertz CT molecular complexity index is 1030. The van der Waals surface area contributed by atoms with E-state index in [2.05, 4.69) is 31.2 Å². The number of nitrogens with zero attached hydrogens (tertiary/aromatic N) is 4. The fourth-order valence-electron chi connectivity index (χ4n) is 2.19. The molecule has 2 heterocycles. The molecule has 0 N–H and O–H groups in total. The minimum atomic E-state index is -0.572. The summed E-state index contributed by atoms with van der Waals surface area (Å²) in [6.07, 6.45) is 0. The van der Waals surface area contributed by atoms with Crippen molar-refractivity contribution in [3.05, 3.63) is 58.6 Å². The summed E-state index contributed by atoms with van der Waals surface area (Å²) < 4.78 is 29.7. The third kappa shape index (κ3) is 2.53. The van der Waals surface area contributed by atoms with Crippen LogP contribution >= 0.6 is 27.3 Å². The molecule has 0 radical (unpaired) electrons. The predicted octanol–water partition coefficient (Wildman–Crippen LogP) is 4.56. The minimum Gasteiger partial charge on any atom is -0.207 e. The summed E-state index contributed by atoms with van der Waals surface area (Å²) >= 11 is 4.74. The Morgan fingerprint density at radius 3 is 2.74 bits per heavy atom. The van der Waals surface area contributed by atoms with Gasteiger partial charge in [0.25, 0.3) is 0 Å². The van der Waals surface area contributed by atoms with Crippen LogP contribution in [0.15, 0.2) is 46.9 Å². The van der Waals surface area contributed by atoms with Crippen molar-refractivity contribution in [3.8, 4) is 22.0 Å². The van der Waals surface area contributed by atoms with Gasteiger partial charge in [0.2, 0.25) is 4.96 Å². The van der Waals surface area contributed by atoms with E-state index in [0.717, 1.165) is 28.2 Å². The molecule has 4 aromatic rings. The molecular formula is C15H7BrF2N4S. The van der Waals surface area contributed by atoms with Crippen LogP contribution in [0, 0.1) is 11.6 Å². The largest absolute Gasteiger partial charge is 0.235 e. The van der Waals surface area contributed by atoms with Crippen molar-refractivity contribution < 1.29 is 8.78 Å². The predicted molar refractivity (Wildman–Crippen MR) is 87.1 cm³/mol. The molecule has 2 aromatic carbocycles. The maximum Gasteiger partial charge on any atom is 0.235 e. The summed E-state index contributed by atoms with van der Waals surface area (Å²) in [5, 5.41) is 13.1. The number of hydrogen-bond acceptors (Lipinski definition) is 4. The van der Waals surface area contributed by atoms with Crippen molar-refractivity contribution in [1.29, 1.82) is 0 Å². The molecule has 0 amide bonds. The molecule has 0 saturated carbocycles. The maximum absolute atomic E-state index is 14.0. The van der Waals surface area contributed by atoms with Crippen molar-refractivity contribution in [2.24, 2.45) is 0 Å². The van der Waals surface area contributed by atoms with E-state index in [4.69, 9.17) is 0 Å². The van der Waals surface area contributed by atoms with Gasteiger partial charge in [0.15, 0.2) is 5.82 Å². The van der Waals surface area contributed by atoms with Gasteiger partial charge in [0.1, 0.15) is 16.6 Å². The third-order valence-electron chi connectivity index (χ3n) is 3.23. The summed E-state index contributed by atoms with van der Waals surface area (Å²) in [5.41, 5.74) is 0.934. The summed E-state index contributed by atoms with van der Waals surface area (Å²) in [4.78, 5) is 0.513. The van der Waals surface area contributed by atoms with Crippen molar-refractivity contribution in [3.63, 3.8) is 0 Å². The van der Waals surface area contributed by atoms with Crippen LogP contribution < -0.4 is 0 Å². The van der Waals surface area contributed by atoms with Gasteiger partial charge in [-0.15, -0.1) is 10.2 Å². The van der Waals surface area contributed by atoms with Gasteiger partial charge in [-0.05, 0) is 30.3 Å². The molecule has 0 spiro atoms. The smallest absolute Gasteiger partial charge is 0.207 e. The normalized spacial score (nSPS) is 11.3. The van der Waals surface area contributed by atoms with Crippen LogP contribution in [-0.4, -0.2) is 19.8 Å². The number of aromatic nitrogens is 4. The van der Waals surface area contributed by atoms with Crippen molar-refractivity contribution in [2.45, 2.75) is 0 Å². The van der Waals surface area contributed by atoms with Crippen LogP contribution in [0.2, 0.25) is 0 Å². The van der Waals surface area contributed by atoms with Crippen LogP contribution in [0.25, 0.3) is 26.9 Å². The SMILES string of the molecule is Fc1ccc(F)c(-c2nnc3sc(-c4cccc(Br)c4)nn23)c1. The van der Waals surface area contributed by atoms with Gasteiger partial charge < -0.3 is 0 Å². The highest BCUT2D eigenvalue weighted by atomic mass is 79.9. The first-order chi connectivity index (χ1) is 11.1. The lowest BCUT2D eigenvalue weighted by Gasteiger charge is -2.00. The molecule has 0 atom stereocenters. The van der Waals surface area contributed by atoms with E-state index in [1.807, 2.05) is 24.3 Å². The zero-order valence-corrected chi connectivity index (χ0v) is 13.8. The molecule has 0 aliphatic rings. The van der Waals surface area contributed by atoms with E-state index >= 15 is 0 Å². The van der Waals surface area contributed by atoms with Crippen molar-refractivity contribution in [1.82, 2.24) is 19.8 Å². The Morgan fingerprint density at radius 2 is 1.91 bits per heavy atom. The van der Waals surface area contributed by atoms with E-state index < -0.39 is 11.6 Å². The Hall–Kier alpha value is -2.19. The molecule has 0 aliphatic carbocycles. The van der Waals surface area contributed by atoms with E-state index in [1.165, 1.54) is 15.9 Å². The van der Waals surface area contributed by atoms with Gasteiger partial charge in [-0.2, -0.15) is 9.61 Å². The number of benzene rings is 2.